The molecule has 0 spiro atoms. The van der Waals surface area contributed by atoms with Gasteiger partial charge in [0.2, 0.25) is 0 Å². The van der Waals surface area contributed by atoms with Crippen LogP contribution in [0.1, 0.15) is 27.2 Å². The average Bonchev–Trinajstić information content (AvgIpc) is 1.88. The molecule has 0 aromatic heterocycles. The van der Waals surface area contributed by atoms with Crippen LogP contribution >= 0.6 is 11.6 Å². The smallest absolute Gasteiger partial charge is 0.154 e. The molecule has 0 aliphatic heterocycles. The van der Waals surface area contributed by atoms with Gasteiger partial charge in [0.25, 0.3) is 0 Å². The van der Waals surface area contributed by atoms with Gasteiger partial charge in [-0.1, -0.05) is 20.8 Å². The molecule has 0 saturated heterocycles. The zero-order chi connectivity index (χ0) is 7.94. The number of Topliss-reactive ketones (excluding diaryl/α,β-unsaturated/α-hetero) is 1. The monoisotopic (exact) mass is 160 g/mol. The predicted molar refractivity (Wildman–Crippen MR) is 42.2 cm³/mol. The molecule has 58 valence electrons. The Morgan fingerprint density at radius 1 is 1.60 bits per heavy atom. The van der Waals surface area contributed by atoms with Crippen molar-refractivity contribution in [2.24, 2.45) is 11.3 Å². The summed E-state index contributed by atoms with van der Waals surface area (Å²) in [5.41, 5.74) is 0.0351. The van der Waals surface area contributed by atoms with Crippen LogP contribution in [0.3, 0.4) is 0 Å². The van der Waals surface area contributed by atoms with Crippen molar-refractivity contribution in [3.8, 4) is 0 Å². The predicted octanol–water partition coefficient (Wildman–Crippen LogP) is 2.23. The molecule has 0 radical (unpaired) electrons. The van der Waals surface area contributed by atoms with Gasteiger partial charge in [0.05, 0.1) is 5.38 Å². The molecule has 0 heterocycles. The van der Waals surface area contributed by atoms with Crippen molar-refractivity contribution >= 4 is 17.4 Å². The maximum Gasteiger partial charge on any atom is 0.154 e. The normalized spacial score (nSPS) is 37.4. The molecule has 1 nitrogen and oxygen atoms in total. The van der Waals surface area contributed by atoms with Crippen LogP contribution in [0.5, 0.6) is 0 Å². The molecule has 0 N–H and O–H groups in total. The number of carbonyl (C=O) groups is 1. The molecule has 2 unspecified atom stereocenters. The largest absolute Gasteiger partial charge is 0.298 e. The van der Waals surface area contributed by atoms with E-state index in [0.717, 1.165) is 6.42 Å². The second kappa shape index (κ2) is 2.23. The molecule has 2 atom stereocenters. The zero-order valence-electron chi connectivity index (χ0n) is 6.65. The summed E-state index contributed by atoms with van der Waals surface area (Å²) in [6, 6.07) is 0. The molecule has 1 saturated carbocycles. The average molecular weight is 161 g/mol. The van der Waals surface area contributed by atoms with Gasteiger partial charge in [-0.2, -0.15) is 0 Å². The molecule has 1 fully saturated rings. The van der Waals surface area contributed by atoms with Gasteiger partial charge in [-0.15, -0.1) is 11.6 Å². The lowest BCUT2D eigenvalue weighted by atomic mass is 9.60. The first-order chi connectivity index (χ1) is 4.51. The fraction of sp³-hybridized carbons (Fsp3) is 0.875. The highest BCUT2D eigenvalue weighted by molar-refractivity contribution is 6.34. The Labute approximate surface area is 66.8 Å². The summed E-state index contributed by atoms with van der Waals surface area (Å²) in [6.07, 6.45) is 0.926. The number of rotatable bonds is 1. The number of carbonyl (C=O) groups excluding carboxylic acids is 1. The third-order valence-corrected chi connectivity index (χ3v) is 3.33. The molecule has 1 aliphatic carbocycles. The number of hydrogen-bond donors (Lipinski definition) is 0. The van der Waals surface area contributed by atoms with Gasteiger partial charge in [-0.05, 0) is 11.8 Å². The fourth-order valence-electron chi connectivity index (χ4n) is 1.72. The lowest BCUT2D eigenvalue weighted by Crippen LogP contribution is -2.55. The minimum atomic E-state index is -0.238. The van der Waals surface area contributed by atoms with Gasteiger partial charge in [-0.3, -0.25) is 4.79 Å². The van der Waals surface area contributed by atoms with Crippen molar-refractivity contribution in [3.63, 3.8) is 0 Å². The maximum atomic E-state index is 11.1. The first-order valence-corrected chi connectivity index (χ1v) is 4.13. The van der Waals surface area contributed by atoms with E-state index < -0.39 is 0 Å². The number of hydrogen-bond acceptors (Lipinski definition) is 1. The lowest BCUT2D eigenvalue weighted by Gasteiger charge is -2.46. The Kier molecular flexibility index (Phi) is 1.80. The van der Waals surface area contributed by atoms with E-state index in [1.807, 2.05) is 6.92 Å². The summed E-state index contributed by atoms with van der Waals surface area (Å²) < 4.78 is 0. The lowest BCUT2D eigenvalue weighted by molar-refractivity contribution is -0.139. The van der Waals surface area contributed by atoms with Gasteiger partial charge in [-0.25, -0.2) is 0 Å². The number of ketones is 1. The Morgan fingerprint density at radius 2 is 2.10 bits per heavy atom. The Balaban J connectivity index is 2.71. The van der Waals surface area contributed by atoms with E-state index >= 15 is 0 Å². The van der Waals surface area contributed by atoms with E-state index in [1.54, 1.807) is 0 Å². The summed E-state index contributed by atoms with van der Waals surface area (Å²) in [7, 11) is 0. The Bertz CT molecular complexity index is 163. The van der Waals surface area contributed by atoms with Crippen molar-refractivity contribution < 1.29 is 4.79 Å². The topological polar surface area (TPSA) is 17.1 Å². The zero-order valence-corrected chi connectivity index (χ0v) is 7.40. The molecular formula is C8H13ClO. The van der Waals surface area contributed by atoms with E-state index in [4.69, 9.17) is 11.6 Å². The highest BCUT2D eigenvalue weighted by atomic mass is 35.5. The van der Waals surface area contributed by atoms with Crippen molar-refractivity contribution in [2.45, 2.75) is 32.6 Å². The van der Waals surface area contributed by atoms with Crippen LogP contribution in [0.2, 0.25) is 0 Å². The quantitative estimate of drug-likeness (QED) is 0.538. The van der Waals surface area contributed by atoms with Gasteiger partial charge >= 0.3 is 0 Å². The van der Waals surface area contributed by atoms with E-state index in [-0.39, 0.29) is 22.5 Å². The van der Waals surface area contributed by atoms with Crippen LogP contribution in [0.25, 0.3) is 0 Å². The van der Waals surface area contributed by atoms with Gasteiger partial charge < -0.3 is 0 Å². The Morgan fingerprint density at radius 3 is 2.30 bits per heavy atom. The standard InChI is InChI=1S/C8H13ClO/c1-4-5-6(10)7(9)8(5,2)3/h5,7H,4H2,1-3H3. The fourth-order valence-corrected chi connectivity index (χ4v) is 2.02. The van der Waals surface area contributed by atoms with E-state index in [9.17, 15) is 4.79 Å². The van der Waals surface area contributed by atoms with E-state index in [1.165, 1.54) is 0 Å². The molecule has 1 aliphatic rings. The minimum absolute atomic E-state index is 0.0351. The summed E-state index contributed by atoms with van der Waals surface area (Å²) >= 11 is 5.82. The summed E-state index contributed by atoms with van der Waals surface area (Å²) in [5.74, 6) is 0.434. The van der Waals surface area contributed by atoms with Crippen LogP contribution in [-0.2, 0) is 4.79 Å². The number of halogens is 1. The van der Waals surface area contributed by atoms with Crippen molar-refractivity contribution in [2.75, 3.05) is 0 Å². The molecule has 0 bridgehead atoms. The molecule has 0 amide bonds. The highest BCUT2D eigenvalue weighted by Crippen LogP contribution is 2.47. The van der Waals surface area contributed by atoms with Crippen molar-refractivity contribution in [1.29, 1.82) is 0 Å². The summed E-state index contributed by atoms with van der Waals surface area (Å²) in [6.45, 7) is 6.15. The first kappa shape index (κ1) is 8.06. The van der Waals surface area contributed by atoms with Crippen LogP contribution < -0.4 is 0 Å². The van der Waals surface area contributed by atoms with E-state index in [2.05, 4.69) is 13.8 Å². The maximum absolute atomic E-state index is 11.1. The van der Waals surface area contributed by atoms with Gasteiger partial charge in [0.15, 0.2) is 5.78 Å². The van der Waals surface area contributed by atoms with Crippen LogP contribution in [-0.4, -0.2) is 11.2 Å². The molecule has 10 heavy (non-hydrogen) atoms. The van der Waals surface area contributed by atoms with Crippen LogP contribution in [0.4, 0.5) is 0 Å². The summed E-state index contributed by atoms with van der Waals surface area (Å²) in [4.78, 5) is 11.1. The molecule has 0 aromatic rings. The van der Waals surface area contributed by atoms with Crippen LogP contribution in [0, 0.1) is 11.3 Å². The SMILES string of the molecule is CCC1C(=O)C(Cl)C1(C)C. The van der Waals surface area contributed by atoms with Crippen LogP contribution in [0.15, 0.2) is 0 Å². The minimum Gasteiger partial charge on any atom is -0.298 e. The molecule has 2 heteroatoms. The third kappa shape index (κ3) is 0.800. The van der Waals surface area contributed by atoms with Gasteiger partial charge in [0.1, 0.15) is 0 Å². The Hall–Kier alpha value is -0.0400. The second-order valence-electron chi connectivity index (χ2n) is 3.55. The molecular weight excluding hydrogens is 148 g/mol. The molecule has 0 aromatic carbocycles. The second-order valence-corrected chi connectivity index (χ2v) is 3.98. The molecule has 1 rings (SSSR count). The van der Waals surface area contributed by atoms with Crippen molar-refractivity contribution in [3.05, 3.63) is 0 Å². The van der Waals surface area contributed by atoms with Gasteiger partial charge in [0, 0.05) is 5.92 Å². The summed E-state index contributed by atoms with van der Waals surface area (Å²) in [5, 5.41) is -0.238. The van der Waals surface area contributed by atoms with Crippen molar-refractivity contribution in [1.82, 2.24) is 0 Å². The third-order valence-electron chi connectivity index (χ3n) is 2.55. The highest BCUT2D eigenvalue weighted by Gasteiger charge is 2.53. The number of alkyl halides is 1. The first-order valence-electron chi connectivity index (χ1n) is 3.69. The van der Waals surface area contributed by atoms with E-state index in [0.29, 0.717) is 0 Å².